The minimum absolute atomic E-state index is 0.156. The van der Waals surface area contributed by atoms with Gasteiger partial charge >= 0.3 is 0 Å². The first-order valence-electron chi connectivity index (χ1n) is 6.25. The Kier molecular flexibility index (Phi) is 3.13. The van der Waals surface area contributed by atoms with Crippen molar-refractivity contribution in [2.24, 2.45) is 0 Å². The molecule has 0 saturated heterocycles. The molecule has 3 heteroatoms. The second kappa shape index (κ2) is 4.94. The monoisotopic (exact) mass is 269 g/mol. The van der Waals surface area contributed by atoms with Gasteiger partial charge in [0.05, 0.1) is 0 Å². The summed E-state index contributed by atoms with van der Waals surface area (Å²) in [5.41, 5.74) is 2.17. The lowest BCUT2D eigenvalue weighted by atomic mass is 10.1. The number of rotatable bonds is 3. The molecule has 2 aromatic carbocycles. The Morgan fingerprint density at radius 3 is 2.84 bits per heavy atom. The lowest BCUT2D eigenvalue weighted by Gasteiger charge is -2.16. The number of fused-ring (bicyclic) bond motifs is 1. The third kappa shape index (κ3) is 2.56. The van der Waals surface area contributed by atoms with Gasteiger partial charge in [-0.05, 0) is 59.7 Å². The highest BCUT2D eigenvalue weighted by Crippen LogP contribution is 2.27. The topological polar surface area (TPSA) is 32.3 Å². The van der Waals surface area contributed by atoms with E-state index in [4.69, 9.17) is 0 Å². The summed E-state index contributed by atoms with van der Waals surface area (Å²) >= 11 is 1.75. The van der Waals surface area contributed by atoms with Gasteiger partial charge in [-0.25, -0.2) is 0 Å². The third-order valence-electron chi connectivity index (χ3n) is 3.21. The Labute approximate surface area is 116 Å². The van der Waals surface area contributed by atoms with Crippen molar-refractivity contribution in [1.29, 1.82) is 0 Å². The molecule has 1 aromatic heterocycles. The molecule has 0 amide bonds. The number of thiophene rings is 1. The molecule has 0 fully saturated rings. The van der Waals surface area contributed by atoms with E-state index in [1.165, 1.54) is 10.1 Å². The average Bonchev–Trinajstić information content (AvgIpc) is 2.86. The first-order valence-corrected chi connectivity index (χ1v) is 7.13. The maximum atomic E-state index is 9.52. The van der Waals surface area contributed by atoms with Crippen molar-refractivity contribution in [2.45, 2.75) is 13.0 Å². The molecule has 2 N–H and O–H groups in total. The van der Waals surface area contributed by atoms with Crippen LogP contribution in [0.1, 0.15) is 18.5 Å². The lowest BCUT2D eigenvalue weighted by molar-refractivity contribution is 0.474. The SMILES string of the molecule is CC(Nc1ccc2sccc2c1)c1cccc(O)c1. The second-order valence-electron chi connectivity index (χ2n) is 4.63. The van der Waals surface area contributed by atoms with E-state index in [2.05, 4.69) is 41.9 Å². The van der Waals surface area contributed by atoms with Gasteiger partial charge in [-0.3, -0.25) is 0 Å². The number of nitrogens with one attached hydrogen (secondary N) is 1. The molecule has 3 rings (SSSR count). The van der Waals surface area contributed by atoms with Crippen molar-refractivity contribution in [2.75, 3.05) is 5.32 Å². The summed E-state index contributed by atoms with van der Waals surface area (Å²) in [7, 11) is 0. The number of hydrogen-bond donors (Lipinski definition) is 2. The molecule has 1 heterocycles. The average molecular weight is 269 g/mol. The van der Waals surface area contributed by atoms with E-state index in [1.807, 2.05) is 12.1 Å². The highest BCUT2D eigenvalue weighted by Gasteiger charge is 2.06. The van der Waals surface area contributed by atoms with E-state index in [9.17, 15) is 5.11 Å². The van der Waals surface area contributed by atoms with Crippen LogP contribution in [0.2, 0.25) is 0 Å². The quantitative estimate of drug-likeness (QED) is 0.717. The normalized spacial score (nSPS) is 12.5. The molecule has 2 nitrogen and oxygen atoms in total. The minimum Gasteiger partial charge on any atom is -0.508 e. The fourth-order valence-corrected chi connectivity index (χ4v) is 2.95. The number of anilines is 1. The molecule has 3 aromatic rings. The Hall–Kier alpha value is -2.00. The molecular weight excluding hydrogens is 254 g/mol. The first-order chi connectivity index (χ1) is 9.22. The lowest BCUT2D eigenvalue weighted by Crippen LogP contribution is -2.06. The Balaban J connectivity index is 1.83. The fourth-order valence-electron chi connectivity index (χ4n) is 2.18. The highest BCUT2D eigenvalue weighted by atomic mass is 32.1. The molecule has 0 aliphatic carbocycles. The largest absolute Gasteiger partial charge is 0.508 e. The molecule has 0 aliphatic heterocycles. The molecule has 0 spiro atoms. The van der Waals surface area contributed by atoms with Crippen molar-refractivity contribution in [3.05, 3.63) is 59.5 Å². The van der Waals surface area contributed by atoms with Crippen molar-refractivity contribution < 1.29 is 5.11 Å². The summed E-state index contributed by atoms with van der Waals surface area (Å²) in [6.45, 7) is 2.09. The molecule has 0 bridgehead atoms. The van der Waals surface area contributed by atoms with E-state index >= 15 is 0 Å². The maximum Gasteiger partial charge on any atom is 0.115 e. The molecule has 96 valence electrons. The molecule has 1 atom stereocenters. The van der Waals surface area contributed by atoms with E-state index in [-0.39, 0.29) is 6.04 Å². The van der Waals surface area contributed by atoms with E-state index < -0.39 is 0 Å². The van der Waals surface area contributed by atoms with Gasteiger partial charge in [-0.2, -0.15) is 0 Å². The Morgan fingerprint density at radius 2 is 2.00 bits per heavy atom. The van der Waals surface area contributed by atoms with Crippen LogP contribution in [0, 0.1) is 0 Å². The predicted molar refractivity (Wildman–Crippen MR) is 82.0 cm³/mol. The smallest absolute Gasteiger partial charge is 0.115 e. The summed E-state index contributed by atoms with van der Waals surface area (Å²) in [5.74, 6) is 0.305. The maximum absolute atomic E-state index is 9.52. The van der Waals surface area contributed by atoms with Crippen LogP contribution >= 0.6 is 11.3 Å². The number of phenols is 1. The zero-order valence-electron chi connectivity index (χ0n) is 10.6. The number of benzene rings is 2. The van der Waals surface area contributed by atoms with Crippen LogP contribution in [0.15, 0.2) is 53.9 Å². The summed E-state index contributed by atoms with van der Waals surface area (Å²) in [4.78, 5) is 0. The highest BCUT2D eigenvalue weighted by molar-refractivity contribution is 7.17. The van der Waals surface area contributed by atoms with Gasteiger partial charge in [-0.1, -0.05) is 12.1 Å². The van der Waals surface area contributed by atoms with Crippen molar-refractivity contribution in [3.63, 3.8) is 0 Å². The van der Waals surface area contributed by atoms with Gasteiger partial charge in [0, 0.05) is 16.4 Å². The third-order valence-corrected chi connectivity index (χ3v) is 4.10. The Morgan fingerprint density at radius 1 is 1.11 bits per heavy atom. The predicted octanol–water partition coefficient (Wildman–Crippen LogP) is 4.78. The fraction of sp³-hybridized carbons (Fsp3) is 0.125. The molecule has 0 radical (unpaired) electrons. The van der Waals surface area contributed by atoms with Crippen LogP contribution in [0.3, 0.4) is 0 Å². The van der Waals surface area contributed by atoms with E-state index in [0.29, 0.717) is 5.75 Å². The first kappa shape index (κ1) is 12.1. The van der Waals surface area contributed by atoms with Gasteiger partial charge in [0.15, 0.2) is 0 Å². The van der Waals surface area contributed by atoms with E-state index in [0.717, 1.165) is 11.3 Å². The van der Waals surface area contributed by atoms with Crippen molar-refractivity contribution in [1.82, 2.24) is 0 Å². The number of phenolic OH excluding ortho intramolecular Hbond substituents is 1. The zero-order chi connectivity index (χ0) is 13.2. The Bertz CT molecular complexity index is 705. The zero-order valence-corrected chi connectivity index (χ0v) is 11.4. The van der Waals surface area contributed by atoms with Crippen LogP contribution in [0.5, 0.6) is 5.75 Å². The standard InChI is InChI=1S/C16H15NOS/c1-11(12-3-2-4-15(18)10-12)17-14-5-6-16-13(9-14)7-8-19-16/h2-11,17-18H,1H3. The molecule has 0 aliphatic rings. The van der Waals surface area contributed by atoms with Crippen LogP contribution < -0.4 is 5.32 Å². The summed E-state index contributed by atoms with van der Waals surface area (Å²) in [6, 6.07) is 16.0. The molecule has 19 heavy (non-hydrogen) atoms. The summed E-state index contributed by atoms with van der Waals surface area (Å²) < 4.78 is 1.30. The van der Waals surface area contributed by atoms with Gasteiger partial charge in [0.25, 0.3) is 0 Å². The summed E-state index contributed by atoms with van der Waals surface area (Å²) in [5, 5.41) is 16.3. The minimum atomic E-state index is 0.156. The van der Waals surface area contributed by atoms with Gasteiger partial charge in [0.2, 0.25) is 0 Å². The van der Waals surface area contributed by atoms with Crippen molar-refractivity contribution >= 4 is 27.1 Å². The molecule has 0 saturated carbocycles. The van der Waals surface area contributed by atoms with Crippen molar-refractivity contribution in [3.8, 4) is 5.75 Å². The number of aromatic hydroxyl groups is 1. The van der Waals surface area contributed by atoms with Crippen LogP contribution in [0.25, 0.3) is 10.1 Å². The van der Waals surface area contributed by atoms with Crippen LogP contribution in [-0.2, 0) is 0 Å². The number of hydrogen-bond acceptors (Lipinski definition) is 3. The molecular formula is C16H15NOS. The molecule has 1 unspecified atom stereocenters. The van der Waals surface area contributed by atoms with Gasteiger partial charge in [-0.15, -0.1) is 11.3 Å². The van der Waals surface area contributed by atoms with Gasteiger partial charge in [0.1, 0.15) is 5.75 Å². The second-order valence-corrected chi connectivity index (χ2v) is 5.58. The summed E-state index contributed by atoms with van der Waals surface area (Å²) in [6.07, 6.45) is 0. The van der Waals surface area contributed by atoms with Gasteiger partial charge < -0.3 is 10.4 Å². The van der Waals surface area contributed by atoms with Crippen LogP contribution in [-0.4, -0.2) is 5.11 Å². The van der Waals surface area contributed by atoms with Crippen LogP contribution in [0.4, 0.5) is 5.69 Å². The van der Waals surface area contributed by atoms with E-state index in [1.54, 1.807) is 23.5 Å².